The average Bonchev–Trinajstić information content (AvgIpc) is 2.66. The molecule has 2 atom stereocenters. The minimum absolute atomic E-state index is 0.124. The summed E-state index contributed by atoms with van der Waals surface area (Å²) in [5.74, 6) is -1.35. The number of anilines is 1. The molecule has 1 aliphatic heterocycles. The van der Waals surface area contributed by atoms with E-state index in [1.165, 1.54) is 0 Å². The van der Waals surface area contributed by atoms with Crippen LogP contribution in [-0.4, -0.2) is 35.0 Å². The van der Waals surface area contributed by atoms with Crippen molar-refractivity contribution in [1.82, 2.24) is 4.90 Å². The van der Waals surface area contributed by atoms with Crippen molar-refractivity contribution in [3.8, 4) is 0 Å². The SMILES string of the molecule is Cc1ccc(C)c(NC(=O)C(c2ccccc2)N2CCCC(C(=O)O)C2)c1. The summed E-state index contributed by atoms with van der Waals surface area (Å²) in [6, 6.07) is 15.1. The number of amides is 1. The van der Waals surface area contributed by atoms with Crippen LogP contribution >= 0.6 is 0 Å². The second kappa shape index (κ2) is 8.35. The van der Waals surface area contributed by atoms with Gasteiger partial charge < -0.3 is 10.4 Å². The molecule has 5 nitrogen and oxygen atoms in total. The summed E-state index contributed by atoms with van der Waals surface area (Å²) in [6.45, 7) is 5.05. The van der Waals surface area contributed by atoms with Gasteiger partial charge >= 0.3 is 5.97 Å². The van der Waals surface area contributed by atoms with Crippen molar-refractivity contribution in [3.05, 3.63) is 65.2 Å². The highest BCUT2D eigenvalue weighted by atomic mass is 16.4. The quantitative estimate of drug-likeness (QED) is 0.845. The minimum Gasteiger partial charge on any atom is -0.481 e. The standard InChI is InChI=1S/C22H26N2O3/c1-15-10-11-16(2)19(13-15)23-21(25)20(17-7-4-3-5-8-17)24-12-6-9-18(14-24)22(26)27/h3-5,7-8,10-11,13,18,20H,6,9,12,14H2,1-2H3,(H,23,25)(H,26,27). The number of piperidine rings is 1. The van der Waals surface area contributed by atoms with Crippen LogP contribution in [0.15, 0.2) is 48.5 Å². The van der Waals surface area contributed by atoms with Gasteiger partial charge in [0, 0.05) is 12.2 Å². The first-order valence-corrected chi connectivity index (χ1v) is 9.35. The van der Waals surface area contributed by atoms with Crippen molar-refractivity contribution >= 4 is 17.6 Å². The maximum atomic E-state index is 13.3. The minimum atomic E-state index is -0.790. The predicted octanol–water partition coefficient (Wildman–Crippen LogP) is 3.78. The van der Waals surface area contributed by atoms with Gasteiger partial charge in [-0.2, -0.15) is 0 Å². The molecule has 2 unspecified atom stereocenters. The largest absolute Gasteiger partial charge is 0.481 e. The third kappa shape index (κ3) is 4.55. The number of rotatable bonds is 5. The van der Waals surface area contributed by atoms with Crippen LogP contribution in [-0.2, 0) is 9.59 Å². The summed E-state index contributed by atoms with van der Waals surface area (Å²) >= 11 is 0. The molecule has 0 aliphatic carbocycles. The van der Waals surface area contributed by atoms with Crippen LogP contribution in [0.2, 0.25) is 0 Å². The van der Waals surface area contributed by atoms with Crippen molar-refractivity contribution in [1.29, 1.82) is 0 Å². The molecule has 142 valence electrons. The second-order valence-corrected chi connectivity index (χ2v) is 7.29. The molecule has 1 saturated heterocycles. The Balaban J connectivity index is 1.89. The van der Waals surface area contributed by atoms with E-state index < -0.39 is 17.9 Å². The van der Waals surface area contributed by atoms with Crippen LogP contribution in [0.3, 0.4) is 0 Å². The fourth-order valence-corrected chi connectivity index (χ4v) is 3.68. The Hall–Kier alpha value is -2.66. The van der Waals surface area contributed by atoms with E-state index in [-0.39, 0.29) is 5.91 Å². The molecule has 0 bridgehead atoms. The molecule has 1 fully saturated rings. The summed E-state index contributed by atoms with van der Waals surface area (Å²) in [4.78, 5) is 26.7. The van der Waals surface area contributed by atoms with E-state index in [2.05, 4.69) is 5.32 Å². The van der Waals surface area contributed by atoms with Gasteiger partial charge in [-0.05, 0) is 56.0 Å². The van der Waals surface area contributed by atoms with Gasteiger partial charge in [-0.15, -0.1) is 0 Å². The zero-order chi connectivity index (χ0) is 19.4. The highest BCUT2D eigenvalue weighted by molar-refractivity contribution is 5.96. The number of hydrogen-bond acceptors (Lipinski definition) is 3. The Morgan fingerprint density at radius 1 is 1.15 bits per heavy atom. The molecule has 2 aromatic carbocycles. The van der Waals surface area contributed by atoms with Gasteiger partial charge in [-0.1, -0.05) is 42.5 Å². The first kappa shape index (κ1) is 19.1. The number of carboxylic acids is 1. The lowest BCUT2D eigenvalue weighted by molar-refractivity contribution is -0.144. The number of aryl methyl sites for hydroxylation is 2. The molecule has 3 rings (SSSR count). The summed E-state index contributed by atoms with van der Waals surface area (Å²) < 4.78 is 0. The Morgan fingerprint density at radius 3 is 2.59 bits per heavy atom. The zero-order valence-corrected chi connectivity index (χ0v) is 15.8. The monoisotopic (exact) mass is 366 g/mol. The van der Waals surface area contributed by atoms with E-state index in [4.69, 9.17) is 0 Å². The van der Waals surface area contributed by atoms with Crippen molar-refractivity contribution in [3.63, 3.8) is 0 Å². The number of nitrogens with zero attached hydrogens (tertiary/aromatic N) is 1. The highest BCUT2D eigenvalue weighted by Crippen LogP contribution is 2.29. The molecule has 5 heteroatoms. The summed E-state index contributed by atoms with van der Waals surface area (Å²) in [5, 5.41) is 12.5. The van der Waals surface area contributed by atoms with Crippen molar-refractivity contribution in [2.75, 3.05) is 18.4 Å². The number of carboxylic acid groups (broad SMARTS) is 1. The van der Waals surface area contributed by atoms with Crippen molar-refractivity contribution in [2.24, 2.45) is 5.92 Å². The van der Waals surface area contributed by atoms with Gasteiger partial charge in [0.15, 0.2) is 0 Å². The lowest BCUT2D eigenvalue weighted by atomic mass is 9.94. The molecular weight excluding hydrogens is 340 g/mol. The Kier molecular flexibility index (Phi) is 5.91. The molecular formula is C22H26N2O3. The third-order valence-corrected chi connectivity index (χ3v) is 5.18. The zero-order valence-electron chi connectivity index (χ0n) is 15.8. The van der Waals surface area contributed by atoms with Crippen molar-refractivity contribution in [2.45, 2.75) is 32.7 Å². The lowest BCUT2D eigenvalue weighted by Crippen LogP contribution is -2.45. The number of likely N-dealkylation sites (tertiary alicyclic amines) is 1. The normalized spacial score (nSPS) is 18.7. The molecule has 27 heavy (non-hydrogen) atoms. The fraction of sp³-hybridized carbons (Fsp3) is 0.364. The van der Waals surface area contributed by atoms with Gasteiger partial charge in [0.05, 0.1) is 5.92 Å². The van der Waals surface area contributed by atoms with E-state index >= 15 is 0 Å². The summed E-state index contributed by atoms with van der Waals surface area (Å²) in [7, 11) is 0. The van der Waals surface area contributed by atoms with Crippen molar-refractivity contribution < 1.29 is 14.7 Å². The molecule has 2 N–H and O–H groups in total. The molecule has 1 aliphatic rings. The summed E-state index contributed by atoms with van der Waals surface area (Å²) in [5.41, 5.74) is 3.76. The van der Waals surface area contributed by atoms with Gasteiger partial charge in [0.1, 0.15) is 6.04 Å². The second-order valence-electron chi connectivity index (χ2n) is 7.29. The Bertz CT molecular complexity index is 820. The number of carbonyl (C=O) groups is 2. The molecule has 2 aromatic rings. The summed E-state index contributed by atoms with van der Waals surface area (Å²) in [6.07, 6.45) is 1.43. The van der Waals surface area contributed by atoms with Crippen LogP contribution in [0.25, 0.3) is 0 Å². The average molecular weight is 366 g/mol. The van der Waals surface area contributed by atoms with Gasteiger partial charge in [-0.25, -0.2) is 0 Å². The molecule has 0 saturated carbocycles. The number of aliphatic carboxylic acids is 1. The van der Waals surface area contributed by atoms with Gasteiger partial charge in [-0.3, -0.25) is 14.5 Å². The first-order valence-electron chi connectivity index (χ1n) is 9.35. The highest BCUT2D eigenvalue weighted by Gasteiger charge is 2.34. The van der Waals surface area contributed by atoms with E-state index in [1.54, 1.807) is 0 Å². The van der Waals surface area contributed by atoms with Crippen LogP contribution in [0.1, 0.15) is 35.6 Å². The predicted molar refractivity (Wildman–Crippen MR) is 106 cm³/mol. The molecule has 0 spiro atoms. The first-order chi connectivity index (χ1) is 13.0. The third-order valence-electron chi connectivity index (χ3n) is 5.18. The van der Waals surface area contributed by atoms with Crippen LogP contribution < -0.4 is 5.32 Å². The van der Waals surface area contributed by atoms with Crippen LogP contribution in [0.4, 0.5) is 5.69 Å². The number of benzene rings is 2. The fourth-order valence-electron chi connectivity index (χ4n) is 3.68. The Morgan fingerprint density at radius 2 is 1.89 bits per heavy atom. The molecule has 0 radical (unpaired) electrons. The number of carbonyl (C=O) groups excluding carboxylic acids is 1. The van der Waals surface area contributed by atoms with Gasteiger partial charge in [0.25, 0.3) is 0 Å². The maximum absolute atomic E-state index is 13.3. The lowest BCUT2D eigenvalue weighted by Gasteiger charge is -2.36. The number of nitrogens with one attached hydrogen (secondary N) is 1. The van der Waals surface area contributed by atoms with Gasteiger partial charge in [0.2, 0.25) is 5.91 Å². The van der Waals surface area contributed by atoms with Crippen LogP contribution in [0.5, 0.6) is 0 Å². The molecule has 1 amide bonds. The maximum Gasteiger partial charge on any atom is 0.307 e. The van der Waals surface area contributed by atoms with E-state index in [1.807, 2.05) is 67.3 Å². The van der Waals surface area contributed by atoms with E-state index in [9.17, 15) is 14.7 Å². The van der Waals surface area contributed by atoms with Crippen LogP contribution in [0, 0.1) is 19.8 Å². The smallest absolute Gasteiger partial charge is 0.307 e. The molecule has 1 heterocycles. The topological polar surface area (TPSA) is 69.6 Å². The Labute approximate surface area is 160 Å². The van der Waals surface area contributed by atoms with E-state index in [0.717, 1.165) is 28.8 Å². The molecule has 0 aromatic heterocycles. The van der Waals surface area contributed by atoms with E-state index in [0.29, 0.717) is 19.5 Å². The number of hydrogen-bond donors (Lipinski definition) is 2.